The molecular formula is C22H14I2. The monoisotopic (exact) mass is 532 g/mol. The Labute approximate surface area is 169 Å². The molecule has 0 atom stereocenters. The molecule has 0 aliphatic rings. The van der Waals surface area contributed by atoms with Crippen LogP contribution < -0.4 is 0 Å². The zero-order chi connectivity index (χ0) is 16.5. The molecule has 4 rings (SSSR count). The topological polar surface area (TPSA) is 0 Å². The number of benzene rings is 4. The van der Waals surface area contributed by atoms with E-state index in [4.69, 9.17) is 0 Å². The van der Waals surface area contributed by atoms with Gasteiger partial charge >= 0.3 is 0 Å². The van der Waals surface area contributed by atoms with E-state index >= 15 is 0 Å². The van der Waals surface area contributed by atoms with Gasteiger partial charge in [0, 0.05) is 12.7 Å². The molecule has 0 spiro atoms. The van der Waals surface area contributed by atoms with E-state index in [1.165, 1.54) is 40.2 Å². The summed E-state index contributed by atoms with van der Waals surface area (Å²) in [6.45, 7) is 0. The number of fused-ring (bicyclic) bond motifs is 1. The highest BCUT2D eigenvalue weighted by Gasteiger charge is 2.15. The first-order valence-electron chi connectivity index (χ1n) is 7.77. The predicted molar refractivity (Wildman–Crippen MR) is 120 cm³/mol. The van der Waals surface area contributed by atoms with E-state index in [1.54, 1.807) is 0 Å². The molecule has 0 saturated heterocycles. The van der Waals surface area contributed by atoms with Gasteiger partial charge in [0.25, 0.3) is 0 Å². The summed E-state index contributed by atoms with van der Waals surface area (Å²) in [4.78, 5) is 0. The molecule has 4 aromatic rings. The molecule has 0 amide bonds. The fraction of sp³-hybridized carbons (Fsp3) is 0. The second-order valence-corrected chi connectivity index (χ2v) is 7.92. The lowest BCUT2D eigenvalue weighted by atomic mass is 9.91. The summed E-state index contributed by atoms with van der Waals surface area (Å²) < 4.78 is 2.61. The van der Waals surface area contributed by atoms with Gasteiger partial charge in [0.1, 0.15) is 0 Å². The quantitative estimate of drug-likeness (QED) is 0.237. The van der Waals surface area contributed by atoms with Crippen LogP contribution in [-0.2, 0) is 0 Å². The van der Waals surface area contributed by atoms with Gasteiger partial charge in [-0.1, -0.05) is 72.8 Å². The summed E-state index contributed by atoms with van der Waals surface area (Å²) in [6, 6.07) is 30.2. The Kier molecular flexibility index (Phi) is 4.59. The van der Waals surface area contributed by atoms with Crippen molar-refractivity contribution < 1.29 is 0 Å². The van der Waals surface area contributed by atoms with Gasteiger partial charge in [-0.25, -0.2) is 0 Å². The maximum Gasteiger partial charge on any atom is 0.0293 e. The molecule has 0 unspecified atom stereocenters. The van der Waals surface area contributed by atoms with E-state index in [9.17, 15) is 0 Å². The lowest BCUT2D eigenvalue weighted by Gasteiger charge is -2.16. The fourth-order valence-corrected chi connectivity index (χ4v) is 4.80. The van der Waals surface area contributed by atoms with Crippen molar-refractivity contribution in [3.05, 3.63) is 92.1 Å². The molecule has 116 valence electrons. The summed E-state index contributed by atoms with van der Waals surface area (Å²) in [5, 5.41) is 2.64. The van der Waals surface area contributed by atoms with E-state index in [2.05, 4.69) is 130 Å². The summed E-state index contributed by atoms with van der Waals surface area (Å²) >= 11 is 4.94. The van der Waals surface area contributed by atoms with Crippen LogP contribution in [0.5, 0.6) is 0 Å². The summed E-state index contributed by atoms with van der Waals surface area (Å²) in [7, 11) is 0. The van der Waals surface area contributed by atoms with E-state index < -0.39 is 0 Å². The summed E-state index contributed by atoms with van der Waals surface area (Å²) in [5.41, 5.74) is 5.14. The highest BCUT2D eigenvalue weighted by molar-refractivity contribution is 14.1. The highest BCUT2D eigenvalue weighted by Crippen LogP contribution is 2.41. The van der Waals surface area contributed by atoms with Gasteiger partial charge in [0.2, 0.25) is 0 Å². The minimum atomic E-state index is 1.26. The van der Waals surface area contributed by atoms with E-state index in [1.807, 2.05) is 0 Å². The smallest absolute Gasteiger partial charge is 0.0293 e. The number of rotatable bonds is 2. The molecule has 0 N–H and O–H groups in total. The van der Waals surface area contributed by atoms with Gasteiger partial charge in [-0.05, 0) is 84.8 Å². The fourth-order valence-electron chi connectivity index (χ4n) is 3.08. The average molecular weight is 532 g/mol. The van der Waals surface area contributed by atoms with Gasteiger partial charge in [-0.15, -0.1) is 0 Å². The van der Waals surface area contributed by atoms with Gasteiger partial charge in [0.15, 0.2) is 0 Å². The molecule has 0 nitrogen and oxygen atoms in total. The maximum atomic E-state index is 2.51. The van der Waals surface area contributed by atoms with Crippen molar-refractivity contribution in [3.63, 3.8) is 0 Å². The third-order valence-corrected chi connectivity index (χ3v) is 6.28. The normalized spacial score (nSPS) is 10.9. The van der Waals surface area contributed by atoms with Crippen LogP contribution in [0.1, 0.15) is 0 Å². The SMILES string of the molecule is Ic1cccc2c(I)c(-c3ccccc3)c(-c3ccccc3)cc12. The lowest BCUT2D eigenvalue weighted by Crippen LogP contribution is -1.92. The van der Waals surface area contributed by atoms with Gasteiger partial charge in [-0.3, -0.25) is 0 Å². The first kappa shape index (κ1) is 16.1. The molecule has 0 aliphatic carbocycles. The number of hydrogen-bond donors (Lipinski definition) is 0. The standard InChI is InChI=1S/C22H14I2/c23-20-13-7-12-17-19(20)14-18(15-8-3-1-4-9-15)21(22(17)24)16-10-5-2-6-11-16/h1-14H. The second-order valence-electron chi connectivity index (χ2n) is 5.68. The van der Waals surface area contributed by atoms with Crippen molar-refractivity contribution in [2.45, 2.75) is 0 Å². The second kappa shape index (κ2) is 6.84. The van der Waals surface area contributed by atoms with Gasteiger partial charge in [-0.2, -0.15) is 0 Å². The largest absolute Gasteiger partial charge is 0.0622 e. The minimum Gasteiger partial charge on any atom is -0.0622 e. The van der Waals surface area contributed by atoms with Crippen LogP contribution in [0.2, 0.25) is 0 Å². The third-order valence-electron chi connectivity index (χ3n) is 4.21. The van der Waals surface area contributed by atoms with E-state index in [0.29, 0.717) is 0 Å². The number of halogens is 2. The Morgan fingerprint density at radius 2 is 1.17 bits per heavy atom. The Morgan fingerprint density at radius 1 is 0.542 bits per heavy atom. The molecule has 0 aliphatic heterocycles. The zero-order valence-electron chi connectivity index (χ0n) is 12.8. The Hall–Kier alpha value is -1.40. The van der Waals surface area contributed by atoms with Crippen LogP contribution in [-0.4, -0.2) is 0 Å². The maximum absolute atomic E-state index is 2.51. The third kappa shape index (κ3) is 2.86. The molecular weight excluding hydrogens is 518 g/mol. The Bertz CT molecular complexity index is 1010. The van der Waals surface area contributed by atoms with Crippen molar-refractivity contribution in [3.8, 4) is 22.3 Å². The minimum absolute atomic E-state index is 1.26. The molecule has 0 radical (unpaired) electrons. The molecule has 4 aromatic carbocycles. The van der Waals surface area contributed by atoms with Crippen LogP contribution in [0.25, 0.3) is 33.0 Å². The molecule has 0 heterocycles. The van der Waals surface area contributed by atoms with Crippen molar-refractivity contribution >= 4 is 56.0 Å². The van der Waals surface area contributed by atoms with E-state index in [0.717, 1.165) is 0 Å². The van der Waals surface area contributed by atoms with E-state index in [-0.39, 0.29) is 0 Å². The Morgan fingerprint density at radius 3 is 1.83 bits per heavy atom. The predicted octanol–water partition coefficient (Wildman–Crippen LogP) is 7.38. The van der Waals surface area contributed by atoms with Gasteiger partial charge in [0.05, 0.1) is 0 Å². The van der Waals surface area contributed by atoms with Crippen LogP contribution >= 0.6 is 45.2 Å². The first-order valence-corrected chi connectivity index (χ1v) is 9.93. The van der Waals surface area contributed by atoms with Crippen LogP contribution in [0.4, 0.5) is 0 Å². The van der Waals surface area contributed by atoms with Gasteiger partial charge < -0.3 is 0 Å². The molecule has 0 aromatic heterocycles. The number of hydrogen-bond acceptors (Lipinski definition) is 0. The molecule has 0 fully saturated rings. The van der Waals surface area contributed by atoms with Crippen molar-refractivity contribution in [1.29, 1.82) is 0 Å². The van der Waals surface area contributed by atoms with Crippen LogP contribution in [0, 0.1) is 7.14 Å². The molecule has 0 saturated carbocycles. The van der Waals surface area contributed by atoms with Crippen molar-refractivity contribution in [2.75, 3.05) is 0 Å². The summed E-state index contributed by atoms with van der Waals surface area (Å²) in [6.07, 6.45) is 0. The van der Waals surface area contributed by atoms with Crippen molar-refractivity contribution in [2.24, 2.45) is 0 Å². The Balaban J connectivity index is 2.14. The van der Waals surface area contributed by atoms with Crippen LogP contribution in [0.3, 0.4) is 0 Å². The molecule has 2 heteroatoms. The molecule has 24 heavy (non-hydrogen) atoms. The first-order chi connectivity index (χ1) is 11.8. The summed E-state index contributed by atoms with van der Waals surface area (Å²) in [5.74, 6) is 0. The molecule has 0 bridgehead atoms. The highest BCUT2D eigenvalue weighted by atomic mass is 127. The van der Waals surface area contributed by atoms with Crippen LogP contribution in [0.15, 0.2) is 84.9 Å². The average Bonchev–Trinajstić information content (AvgIpc) is 2.64. The van der Waals surface area contributed by atoms with Crippen molar-refractivity contribution in [1.82, 2.24) is 0 Å². The lowest BCUT2D eigenvalue weighted by molar-refractivity contribution is 1.58. The zero-order valence-corrected chi connectivity index (χ0v) is 17.2.